The van der Waals surface area contributed by atoms with Gasteiger partial charge in [-0.05, 0) is 12.1 Å². The minimum absolute atomic E-state index is 0.350. The van der Waals surface area contributed by atoms with E-state index in [1.807, 2.05) is 38.4 Å². The first kappa shape index (κ1) is 14.2. The van der Waals surface area contributed by atoms with Crippen LogP contribution in [-0.4, -0.2) is 28.7 Å². The average molecular weight is 284 g/mol. The normalized spacial score (nSPS) is 21.2. The number of hydrogen-bond donors (Lipinski definition) is 1. The van der Waals surface area contributed by atoms with Crippen molar-refractivity contribution in [3.8, 4) is 0 Å². The maximum absolute atomic E-state index is 10.9. The van der Waals surface area contributed by atoms with Gasteiger partial charge in [0.2, 0.25) is 5.72 Å². The molecule has 0 aliphatic carbocycles. The van der Waals surface area contributed by atoms with Gasteiger partial charge in [0.05, 0.1) is 23.6 Å². The molecule has 3 rings (SSSR count). The van der Waals surface area contributed by atoms with Gasteiger partial charge >= 0.3 is 0 Å². The van der Waals surface area contributed by atoms with Crippen molar-refractivity contribution >= 4 is 28.6 Å². The van der Waals surface area contributed by atoms with Crippen LogP contribution >= 0.6 is 0 Å². The highest BCUT2D eigenvalue weighted by atomic mass is 16.3. The molecule has 0 saturated carbocycles. The second kappa shape index (κ2) is 4.61. The first-order valence-corrected chi connectivity index (χ1v) is 7.39. The maximum Gasteiger partial charge on any atom is 0.205 e. The smallest absolute Gasteiger partial charge is 0.205 e. The number of fused-ring (bicyclic) bond motifs is 3. The standard InChI is InChI=1S/C17H22N3O/c1-12(2)10-20(17(3,4)21)11-19-15-9-18-14-8-6-5-7-13(14)16(15)20/h5-9,11-12,21H,10H2,1-4H3/q+1. The third-order valence-corrected chi connectivity index (χ3v) is 4.15. The van der Waals surface area contributed by atoms with Crippen molar-refractivity contribution in [2.75, 3.05) is 6.54 Å². The van der Waals surface area contributed by atoms with Crippen LogP contribution in [0.5, 0.6) is 0 Å². The summed E-state index contributed by atoms with van der Waals surface area (Å²) in [5.41, 5.74) is 1.92. The molecule has 1 aromatic carbocycles. The van der Waals surface area contributed by atoms with E-state index in [0.29, 0.717) is 10.4 Å². The van der Waals surface area contributed by atoms with Crippen LogP contribution in [0.25, 0.3) is 10.9 Å². The van der Waals surface area contributed by atoms with Gasteiger partial charge in [0.25, 0.3) is 0 Å². The van der Waals surface area contributed by atoms with E-state index in [-0.39, 0.29) is 0 Å². The van der Waals surface area contributed by atoms with Crippen molar-refractivity contribution in [3.05, 3.63) is 30.5 Å². The lowest BCUT2D eigenvalue weighted by molar-refractivity contribution is -0.0307. The van der Waals surface area contributed by atoms with Gasteiger partial charge in [0.15, 0.2) is 12.0 Å². The van der Waals surface area contributed by atoms with Gasteiger partial charge in [0.1, 0.15) is 5.69 Å². The molecule has 2 heterocycles. The summed E-state index contributed by atoms with van der Waals surface area (Å²) in [5, 5.41) is 11.9. The van der Waals surface area contributed by atoms with Crippen LogP contribution in [0.3, 0.4) is 0 Å². The molecule has 2 aromatic rings. The molecule has 0 bridgehead atoms. The molecule has 1 N–H and O–H groups in total. The first-order valence-electron chi connectivity index (χ1n) is 7.39. The molecule has 0 radical (unpaired) electrons. The Morgan fingerprint density at radius 1 is 1.24 bits per heavy atom. The number of aliphatic imine (C=N–C) groups is 1. The zero-order chi connectivity index (χ0) is 15.3. The predicted octanol–water partition coefficient (Wildman–Crippen LogP) is 3.60. The molecule has 110 valence electrons. The van der Waals surface area contributed by atoms with Crippen LogP contribution < -0.4 is 4.48 Å². The lowest BCUT2D eigenvalue weighted by Crippen LogP contribution is -2.62. The average Bonchev–Trinajstić information content (AvgIpc) is 2.78. The molecule has 1 aliphatic rings. The number of aromatic nitrogens is 1. The lowest BCUT2D eigenvalue weighted by atomic mass is 10.0. The van der Waals surface area contributed by atoms with Gasteiger partial charge in [-0.2, -0.15) is 4.99 Å². The Morgan fingerprint density at radius 2 is 1.95 bits per heavy atom. The fourth-order valence-electron chi connectivity index (χ4n) is 3.20. The van der Waals surface area contributed by atoms with Crippen LogP contribution in [-0.2, 0) is 0 Å². The number of benzene rings is 1. The van der Waals surface area contributed by atoms with E-state index in [9.17, 15) is 5.11 Å². The maximum atomic E-state index is 10.9. The molecule has 4 heteroatoms. The molecule has 4 nitrogen and oxygen atoms in total. The van der Waals surface area contributed by atoms with Crippen molar-refractivity contribution in [3.63, 3.8) is 0 Å². The minimum Gasteiger partial charge on any atom is -0.342 e. The highest BCUT2D eigenvalue weighted by Crippen LogP contribution is 2.46. The fraction of sp³-hybridized carbons (Fsp3) is 0.412. The molecule has 0 saturated heterocycles. The number of pyridine rings is 1. The third kappa shape index (κ3) is 2.06. The third-order valence-electron chi connectivity index (χ3n) is 4.15. The zero-order valence-corrected chi connectivity index (χ0v) is 13.0. The number of rotatable bonds is 3. The Hall–Kier alpha value is -1.78. The van der Waals surface area contributed by atoms with Crippen molar-refractivity contribution in [1.29, 1.82) is 0 Å². The Labute approximate surface area is 125 Å². The summed E-state index contributed by atoms with van der Waals surface area (Å²) in [6, 6.07) is 8.06. The number of para-hydroxylation sites is 1. The summed E-state index contributed by atoms with van der Waals surface area (Å²) in [5.74, 6) is 0.431. The van der Waals surface area contributed by atoms with E-state index in [1.54, 1.807) is 6.20 Å². The van der Waals surface area contributed by atoms with Gasteiger partial charge in [-0.15, -0.1) is 0 Å². The van der Waals surface area contributed by atoms with Gasteiger partial charge in [-0.25, -0.2) is 4.48 Å². The molecule has 1 unspecified atom stereocenters. The van der Waals surface area contributed by atoms with E-state index in [2.05, 4.69) is 29.9 Å². The van der Waals surface area contributed by atoms with E-state index in [0.717, 1.165) is 28.8 Å². The van der Waals surface area contributed by atoms with Crippen molar-refractivity contribution in [2.45, 2.75) is 33.4 Å². The van der Waals surface area contributed by atoms with E-state index in [1.165, 1.54) is 0 Å². The van der Waals surface area contributed by atoms with Gasteiger partial charge < -0.3 is 5.11 Å². The van der Waals surface area contributed by atoms with Crippen molar-refractivity contribution in [1.82, 2.24) is 9.47 Å². The Balaban J connectivity index is 2.34. The van der Waals surface area contributed by atoms with Crippen LogP contribution in [0.15, 0.2) is 35.5 Å². The molecule has 1 atom stereocenters. The summed E-state index contributed by atoms with van der Waals surface area (Å²) >= 11 is 0. The highest BCUT2D eigenvalue weighted by molar-refractivity contribution is 6.04. The van der Waals surface area contributed by atoms with E-state index < -0.39 is 5.72 Å². The lowest BCUT2D eigenvalue weighted by Gasteiger charge is -2.42. The molecular weight excluding hydrogens is 262 g/mol. The van der Waals surface area contributed by atoms with Crippen LogP contribution in [0.1, 0.15) is 27.7 Å². The van der Waals surface area contributed by atoms with Gasteiger partial charge in [0, 0.05) is 19.8 Å². The number of nitrogens with zero attached hydrogens (tertiary/aromatic N) is 3. The SMILES string of the molecule is CC(C)C[N+]1(C(C)(C)O)C=Nc2cnc3ccccc3c21. The summed E-state index contributed by atoms with van der Waals surface area (Å²) < 4.78 is 0.350. The second-order valence-electron chi connectivity index (χ2n) is 6.69. The molecule has 1 aromatic heterocycles. The summed E-state index contributed by atoms with van der Waals surface area (Å²) in [6.07, 6.45) is 3.68. The van der Waals surface area contributed by atoms with Crippen molar-refractivity contribution < 1.29 is 5.11 Å². The number of aliphatic hydroxyl groups is 1. The molecule has 21 heavy (non-hydrogen) atoms. The summed E-state index contributed by atoms with van der Waals surface area (Å²) in [7, 11) is 0. The Bertz CT molecular complexity index is 716. The number of hydrogen-bond acceptors (Lipinski definition) is 3. The Kier molecular flexibility index (Phi) is 3.11. The minimum atomic E-state index is -0.941. The van der Waals surface area contributed by atoms with E-state index >= 15 is 0 Å². The largest absolute Gasteiger partial charge is 0.342 e. The molecular formula is C17H22N3O+. The van der Waals surface area contributed by atoms with Crippen LogP contribution in [0, 0.1) is 5.92 Å². The van der Waals surface area contributed by atoms with Crippen LogP contribution in [0.2, 0.25) is 0 Å². The van der Waals surface area contributed by atoms with Crippen LogP contribution in [0.4, 0.5) is 11.4 Å². The zero-order valence-electron chi connectivity index (χ0n) is 13.0. The summed E-state index contributed by atoms with van der Waals surface area (Å²) in [4.78, 5) is 9.02. The monoisotopic (exact) mass is 284 g/mol. The second-order valence-corrected chi connectivity index (χ2v) is 6.69. The molecule has 0 spiro atoms. The molecule has 1 aliphatic heterocycles. The van der Waals surface area contributed by atoms with E-state index in [4.69, 9.17) is 0 Å². The van der Waals surface area contributed by atoms with Gasteiger partial charge in [-0.3, -0.25) is 4.98 Å². The quantitative estimate of drug-likeness (QED) is 0.875. The predicted molar refractivity (Wildman–Crippen MR) is 87.7 cm³/mol. The highest BCUT2D eigenvalue weighted by Gasteiger charge is 2.49. The molecule has 0 amide bonds. The first-order chi connectivity index (χ1) is 9.85. The molecule has 0 fully saturated rings. The fourth-order valence-corrected chi connectivity index (χ4v) is 3.20. The topological polar surface area (TPSA) is 45.5 Å². The Morgan fingerprint density at radius 3 is 2.62 bits per heavy atom. The number of quaternary nitrogens is 1. The summed E-state index contributed by atoms with van der Waals surface area (Å²) in [6.45, 7) is 8.84. The van der Waals surface area contributed by atoms with Crippen molar-refractivity contribution in [2.24, 2.45) is 10.9 Å². The van der Waals surface area contributed by atoms with Gasteiger partial charge in [-0.1, -0.05) is 26.0 Å².